The second kappa shape index (κ2) is 10.3. The Hall–Kier alpha value is -3.35. The molecule has 0 spiro atoms. The molecule has 0 aliphatic heterocycles. The summed E-state index contributed by atoms with van der Waals surface area (Å²) in [6.07, 6.45) is 1.27. The second-order valence-corrected chi connectivity index (χ2v) is 9.64. The van der Waals surface area contributed by atoms with Gasteiger partial charge < -0.3 is 20.5 Å². The number of carboxylic acid groups (broad SMARTS) is 1. The molecule has 0 radical (unpaired) electrons. The molecule has 4 rings (SSSR count). The molecule has 0 aromatic heterocycles. The predicted molar refractivity (Wildman–Crippen MR) is 128 cm³/mol. The van der Waals surface area contributed by atoms with Crippen molar-refractivity contribution in [2.75, 3.05) is 6.61 Å². The first-order valence-corrected chi connectivity index (χ1v) is 12.0. The van der Waals surface area contributed by atoms with E-state index in [2.05, 4.69) is 34.9 Å². The molecule has 2 aliphatic carbocycles. The first-order valence-electron chi connectivity index (χ1n) is 12.0. The lowest BCUT2D eigenvalue weighted by atomic mass is 9.98. The molecular weight excluding hydrogens is 432 g/mol. The summed E-state index contributed by atoms with van der Waals surface area (Å²) < 4.78 is 5.63. The van der Waals surface area contributed by atoms with Gasteiger partial charge in [0.2, 0.25) is 5.91 Å². The number of aliphatic carboxylic acids is 1. The second-order valence-electron chi connectivity index (χ2n) is 9.64. The Morgan fingerprint density at radius 2 is 1.62 bits per heavy atom. The van der Waals surface area contributed by atoms with Gasteiger partial charge in [0.25, 0.3) is 0 Å². The highest BCUT2D eigenvalue weighted by Crippen LogP contribution is 2.44. The number of hydrogen-bond acceptors (Lipinski definition) is 4. The molecule has 1 fully saturated rings. The smallest absolute Gasteiger partial charge is 0.407 e. The van der Waals surface area contributed by atoms with Crippen LogP contribution in [0.1, 0.15) is 56.6 Å². The molecule has 2 amide bonds. The van der Waals surface area contributed by atoms with Gasteiger partial charge in [-0.3, -0.25) is 9.59 Å². The fraction of sp³-hybridized carbons (Fsp3) is 0.444. The van der Waals surface area contributed by atoms with Crippen LogP contribution in [0.25, 0.3) is 11.1 Å². The quantitative estimate of drug-likeness (QED) is 0.540. The van der Waals surface area contributed by atoms with Crippen LogP contribution in [0.4, 0.5) is 4.79 Å². The zero-order chi connectivity index (χ0) is 24.2. The van der Waals surface area contributed by atoms with Crippen LogP contribution in [-0.2, 0) is 14.3 Å². The van der Waals surface area contributed by atoms with Crippen molar-refractivity contribution in [3.05, 3.63) is 59.7 Å². The summed E-state index contributed by atoms with van der Waals surface area (Å²) in [6.45, 7) is 4.10. The van der Waals surface area contributed by atoms with Crippen molar-refractivity contribution in [2.45, 2.75) is 57.5 Å². The summed E-state index contributed by atoms with van der Waals surface area (Å²) in [5, 5.41) is 14.9. The van der Waals surface area contributed by atoms with Crippen LogP contribution < -0.4 is 10.6 Å². The lowest BCUT2D eigenvalue weighted by Crippen LogP contribution is -2.44. The average Bonchev–Trinajstić information content (AvgIpc) is 3.40. The van der Waals surface area contributed by atoms with E-state index in [0.717, 1.165) is 11.1 Å². The number of alkyl carbamates (subject to hydrolysis) is 1. The standard InChI is InChI=1S/C27H32N2O5/c1-16(2)24(14-25(30)28-18-12-11-17(13-18)26(31)32)29-27(33)34-15-23-21-9-5-3-7-19(21)20-8-4-6-10-22(20)23/h3-10,16-18,23-24H,11-15H2,1-2H3,(H,28,30)(H,29,33)(H,31,32)/t17?,18?,24-/m0/s1. The van der Waals surface area contributed by atoms with Crippen LogP contribution in [0, 0.1) is 11.8 Å². The van der Waals surface area contributed by atoms with Gasteiger partial charge in [0, 0.05) is 24.4 Å². The Labute approximate surface area is 199 Å². The fourth-order valence-electron chi connectivity index (χ4n) is 5.07. The largest absolute Gasteiger partial charge is 0.481 e. The Morgan fingerprint density at radius 1 is 1.00 bits per heavy atom. The summed E-state index contributed by atoms with van der Waals surface area (Å²) in [6, 6.07) is 15.8. The van der Waals surface area contributed by atoms with E-state index in [9.17, 15) is 14.4 Å². The number of benzene rings is 2. The SMILES string of the molecule is CC(C)[C@H](CC(=O)NC1CCC(C(=O)O)C1)NC(=O)OCC1c2ccccc2-c2ccccc21. The number of hydrogen-bond donors (Lipinski definition) is 3. The fourth-order valence-corrected chi connectivity index (χ4v) is 5.07. The molecule has 0 bridgehead atoms. The highest BCUT2D eigenvalue weighted by molar-refractivity contribution is 5.80. The Kier molecular flexibility index (Phi) is 7.20. The van der Waals surface area contributed by atoms with Gasteiger partial charge in [-0.25, -0.2) is 4.79 Å². The Balaban J connectivity index is 1.32. The van der Waals surface area contributed by atoms with E-state index >= 15 is 0 Å². The number of carboxylic acids is 1. The maximum atomic E-state index is 12.7. The Bertz CT molecular complexity index is 1020. The molecule has 3 N–H and O–H groups in total. The van der Waals surface area contributed by atoms with E-state index in [1.165, 1.54) is 11.1 Å². The van der Waals surface area contributed by atoms with E-state index in [1.807, 2.05) is 38.1 Å². The number of carbonyl (C=O) groups is 3. The molecule has 1 saturated carbocycles. The molecule has 2 unspecified atom stereocenters. The summed E-state index contributed by atoms with van der Waals surface area (Å²) >= 11 is 0. The van der Waals surface area contributed by atoms with E-state index in [-0.39, 0.29) is 42.9 Å². The first kappa shape index (κ1) is 23.8. The molecule has 0 saturated heterocycles. The van der Waals surface area contributed by atoms with Gasteiger partial charge in [0.15, 0.2) is 0 Å². The zero-order valence-electron chi connectivity index (χ0n) is 19.6. The van der Waals surface area contributed by atoms with Crippen molar-refractivity contribution >= 4 is 18.0 Å². The van der Waals surface area contributed by atoms with Crippen LogP contribution in [0.3, 0.4) is 0 Å². The van der Waals surface area contributed by atoms with Crippen LogP contribution in [0.15, 0.2) is 48.5 Å². The molecule has 7 heteroatoms. The average molecular weight is 465 g/mol. The number of amides is 2. The topological polar surface area (TPSA) is 105 Å². The molecule has 0 heterocycles. The number of ether oxygens (including phenoxy) is 1. The molecule has 3 atom stereocenters. The zero-order valence-corrected chi connectivity index (χ0v) is 19.6. The summed E-state index contributed by atoms with van der Waals surface area (Å²) in [5.41, 5.74) is 4.63. The maximum absolute atomic E-state index is 12.7. The van der Waals surface area contributed by atoms with Gasteiger partial charge in [-0.1, -0.05) is 62.4 Å². The highest BCUT2D eigenvalue weighted by atomic mass is 16.5. The monoisotopic (exact) mass is 464 g/mol. The van der Waals surface area contributed by atoms with Crippen LogP contribution >= 0.6 is 0 Å². The van der Waals surface area contributed by atoms with E-state index in [4.69, 9.17) is 9.84 Å². The summed E-state index contributed by atoms with van der Waals surface area (Å²) in [7, 11) is 0. The third kappa shape index (κ3) is 5.24. The van der Waals surface area contributed by atoms with Crippen molar-refractivity contribution in [3.63, 3.8) is 0 Å². The number of nitrogens with one attached hydrogen (secondary N) is 2. The van der Waals surface area contributed by atoms with E-state index in [0.29, 0.717) is 19.3 Å². The molecule has 2 aliphatic rings. The third-order valence-electron chi connectivity index (χ3n) is 7.00. The summed E-state index contributed by atoms with van der Waals surface area (Å²) in [5.74, 6) is -1.39. The van der Waals surface area contributed by atoms with Gasteiger partial charge in [0.05, 0.1) is 5.92 Å². The van der Waals surface area contributed by atoms with Crippen LogP contribution in [0.5, 0.6) is 0 Å². The van der Waals surface area contributed by atoms with Crippen LogP contribution in [0.2, 0.25) is 0 Å². The Morgan fingerprint density at radius 3 is 2.18 bits per heavy atom. The lowest BCUT2D eigenvalue weighted by molar-refractivity contribution is -0.141. The minimum Gasteiger partial charge on any atom is -0.481 e. The van der Waals surface area contributed by atoms with E-state index < -0.39 is 18.0 Å². The molecule has 2 aromatic rings. The minimum atomic E-state index is -0.811. The highest BCUT2D eigenvalue weighted by Gasteiger charge is 2.32. The van der Waals surface area contributed by atoms with Crippen molar-refractivity contribution < 1.29 is 24.2 Å². The van der Waals surface area contributed by atoms with Gasteiger partial charge in [-0.15, -0.1) is 0 Å². The van der Waals surface area contributed by atoms with Crippen molar-refractivity contribution in [3.8, 4) is 11.1 Å². The molecule has 7 nitrogen and oxygen atoms in total. The van der Waals surface area contributed by atoms with Crippen LogP contribution in [-0.4, -0.2) is 41.8 Å². The lowest BCUT2D eigenvalue weighted by Gasteiger charge is -2.23. The molecular formula is C27H32N2O5. The van der Waals surface area contributed by atoms with Gasteiger partial charge in [-0.2, -0.15) is 0 Å². The third-order valence-corrected chi connectivity index (χ3v) is 7.00. The molecule has 180 valence electrons. The van der Waals surface area contributed by atoms with Gasteiger partial charge >= 0.3 is 12.1 Å². The van der Waals surface area contributed by atoms with Crippen molar-refractivity contribution in [1.29, 1.82) is 0 Å². The summed E-state index contributed by atoms with van der Waals surface area (Å²) in [4.78, 5) is 36.4. The van der Waals surface area contributed by atoms with E-state index in [1.54, 1.807) is 0 Å². The predicted octanol–water partition coefficient (Wildman–Crippen LogP) is 4.31. The first-order chi connectivity index (χ1) is 16.3. The minimum absolute atomic E-state index is 0.0245. The number of fused-ring (bicyclic) bond motifs is 3. The van der Waals surface area contributed by atoms with Crippen molar-refractivity contribution in [1.82, 2.24) is 10.6 Å². The van der Waals surface area contributed by atoms with Crippen molar-refractivity contribution in [2.24, 2.45) is 11.8 Å². The van der Waals surface area contributed by atoms with Gasteiger partial charge in [0.1, 0.15) is 6.61 Å². The molecule has 2 aromatic carbocycles. The number of carbonyl (C=O) groups excluding carboxylic acids is 2. The normalized spacial score (nSPS) is 19.9. The maximum Gasteiger partial charge on any atom is 0.407 e. The number of rotatable bonds is 8. The molecule has 34 heavy (non-hydrogen) atoms. The van der Waals surface area contributed by atoms with Gasteiger partial charge in [-0.05, 0) is 47.4 Å².